The van der Waals surface area contributed by atoms with Gasteiger partial charge in [-0.2, -0.15) is 0 Å². The molecule has 1 heterocycles. The lowest BCUT2D eigenvalue weighted by Gasteiger charge is -2.26. The van der Waals surface area contributed by atoms with Crippen LogP contribution in [0.15, 0.2) is 17.0 Å². The van der Waals surface area contributed by atoms with E-state index in [2.05, 4.69) is 9.79 Å². The SMILES string of the molecule is CCOc1cc(C)c(S(=O)(=O)NOCCN2CCOCC2)cc1C. The molecule has 1 N–H and O–H groups in total. The van der Waals surface area contributed by atoms with E-state index in [9.17, 15) is 8.42 Å². The molecule has 2 rings (SSSR count). The molecule has 0 unspecified atom stereocenters. The zero-order chi connectivity index (χ0) is 17.6. The molecule has 0 bridgehead atoms. The molecule has 7 nitrogen and oxygen atoms in total. The van der Waals surface area contributed by atoms with Crippen LogP contribution in [0, 0.1) is 13.8 Å². The first-order valence-corrected chi connectivity index (χ1v) is 9.60. The first-order valence-electron chi connectivity index (χ1n) is 8.12. The maximum Gasteiger partial charge on any atom is 0.262 e. The lowest BCUT2D eigenvalue weighted by atomic mass is 10.1. The van der Waals surface area contributed by atoms with Gasteiger partial charge in [-0.3, -0.25) is 9.74 Å². The fraction of sp³-hybridized carbons (Fsp3) is 0.625. The van der Waals surface area contributed by atoms with E-state index in [-0.39, 0.29) is 11.5 Å². The van der Waals surface area contributed by atoms with E-state index in [1.807, 2.05) is 13.8 Å². The number of sulfonamides is 1. The van der Waals surface area contributed by atoms with E-state index < -0.39 is 10.0 Å². The summed E-state index contributed by atoms with van der Waals surface area (Å²) in [6.07, 6.45) is 0. The summed E-state index contributed by atoms with van der Waals surface area (Å²) in [5, 5.41) is 0. The number of rotatable bonds is 8. The van der Waals surface area contributed by atoms with Crippen LogP contribution in [0.5, 0.6) is 5.75 Å². The Balaban J connectivity index is 1.93. The van der Waals surface area contributed by atoms with Gasteiger partial charge in [0.15, 0.2) is 0 Å². The van der Waals surface area contributed by atoms with Gasteiger partial charge in [-0.05, 0) is 44.0 Å². The fourth-order valence-electron chi connectivity index (χ4n) is 2.53. The molecule has 1 aliphatic rings. The minimum Gasteiger partial charge on any atom is -0.494 e. The van der Waals surface area contributed by atoms with Gasteiger partial charge in [-0.25, -0.2) is 8.42 Å². The van der Waals surface area contributed by atoms with Crippen LogP contribution in [0.1, 0.15) is 18.1 Å². The van der Waals surface area contributed by atoms with Gasteiger partial charge in [0, 0.05) is 19.6 Å². The summed E-state index contributed by atoms with van der Waals surface area (Å²) in [7, 11) is -3.72. The Hall–Kier alpha value is -1.19. The van der Waals surface area contributed by atoms with Crippen molar-refractivity contribution >= 4 is 10.0 Å². The van der Waals surface area contributed by atoms with Gasteiger partial charge in [0.25, 0.3) is 10.0 Å². The average molecular weight is 358 g/mol. The van der Waals surface area contributed by atoms with Crippen LogP contribution >= 0.6 is 0 Å². The summed E-state index contributed by atoms with van der Waals surface area (Å²) >= 11 is 0. The Kier molecular flexibility index (Phi) is 7.00. The number of hydrogen-bond donors (Lipinski definition) is 1. The Morgan fingerprint density at radius 3 is 2.58 bits per heavy atom. The number of morpholine rings is 1. The molecule has 1 aromatic rings. The second kappa shape index (κ2) is 8.77. The second-order valence-electron chi connectivity index (χ2n) is 5.71. The first-order chi connectivity index (χ1) is 11.4. The molecular weight excluding hydrogens is 332 g/mol. The molecule has 1 saturated heterocycles. The molecule has 0 saturated carbocycles. The molecule has 24 heavy (non-hydrogen) atoms. The van der Waals surface area contributed by atoms with Gasteiger partial charge < -0.3 is 9.47 Å². The summed E-state index contributed by atoms with van der Waals surface area (Å²) < 4.78 is 35.6. The van der Waals surface area contributed by atoms with Crippen molar-refractivity contribution in [3.05, 3.63) is 23.3 Å². The van der Waals surface area contributed by atoms with Gasteiger partial charge in [0.05, 0.1) is 31.3 Å². The fourth-order valence-corrected chi connectivity index (χ4v) is 3.67. The summed E-state index contributed by atoms with van der Waals surface area (Å²) in [5.74, 6) is 0.696. The maximum absolute atomic E-state index is 12.4. The van der Waals surface area contributed by atoms with E-state index in [4.69, 9.17) is 14.3 Å². The minimum absolute atomic E-state index is 0.204. The molecule has 1 fully saturated rings. The van der Waals surface area contributed by atoms with E-state index in [1.54, 1.807) is 19.1 Å². The molecule has 0 amide bonds. The van der Waals surface area contributed by atoms with Crippen molar-refractivity contribution in [2.24, 2.45) is 0 Å². The lowest BCUT2D eigenvalue weighted by molar-refractivity contribution is 0.0125. The molecule has 8 heteroatoms. The highest BCUT2D eigenvalue weighted by atomic mass is 32.2. The second-order valence-corrected chi connectivity index (χ2v) is 7.32. The van der Waals surface area contributed by atoms with E-state index in [0.29, 0.717) is 37.7 Å². The van der Waals surface area contributed by atoms with E-state index in [0.717, 1.165) is 18.7 Å². The zero-order valence-electron chi connectivity index (χ0n) is 14.5. The Bertz CT molecular complexity index is 642. The third kappa shape index (κ3) is 5.15. The van der Waals surface area contributed by atoms with Crippen LogP contribution < -0.4 is 9.62 Å². The van der Waals surface area contributed by atoms with Crippen LogP contribution in [-0.4, -0.2) is 59.4 Å². The van der Waals surface area contributed by atoms with Crippen LogP contribution in [0.3, 0.4) is 0 Å². The molecule has 0 atom stereocenters. The monoisotopic (exact) mass is 358 g/mol. The molecule has 1 aliphatic heterocycles. The molecule has 0 aromatic heterocycles. The van der Waals surface area contributed by atoms with Crippen LogP contribution in [0.2, 0.25) is 0 Å². The molecule has 0 radical (unpaired) electrons. The third-order valence-electron chi connectivity index (χ3n) is 3.84. The Labute approximate surface area is 143 Å². The summed E-state index contributed by atoms with van der Waals surface area (Å²) in [5.41, 5.74) is 1.39. The Morgan fingerprint density at radius 2 is 1.92 bits per heavy atom. The lowest BCUT2D eigenvalue weighted by Crippen LogP contribution is -2.39. The van der Waals surface area contributed by atoms with Crippen molar-refractivity contribution in [3.8, 4) is 5.75 Å². The third-order valence-corrected chi connectivity index (χ3v) is 5.20. The zero-order valence-corrected chi connectivity index (χ0v) is 15.3. The van der Waals surface area contributed by atoms with Crippen molar-refractivity contribution in [2.75, 3.05) is 46.1 Å². The highest BCUT2D eigenvalue weighted by Gasteiger charge is 2.19. The molecule has 1 aromatic carbocycles. The molecule has 136 valence electrons. The normalized spacial score (nSPS) is 16.3. The highest BCUT2D eigenvalue weighted by Crippen LogP contribution is 2.25. The summed E-state index contributed by atoms with van der Waals surface area (Å²) in [4.78, 5) is 9.76. The predicted molar refractivity (Wildman–Crippen MR) is 90.6 cm³/mol. The number of ether oxygens (including phenoxy) is 2. The van der Waals surface area contributed by atoms with Gasteiger partial charge in [-0.15, -0.1) is 0 Å². The number of aryl methyl sites for hydroxylation is 2. The van der Waals surface area contributed by atoms with Crippen molar-refractivity contribution < 1.29 is 22.7 Å². The predicted octanol–water partition coefficient (Wildman–Crippen LogP) is 1.24. The Morgan fingerprint density at radius 1 is 1.21 bits per heavy atom. The summed E-state index contributed by atoms with van der Waals surface area (Å²) in [6.45, 7) is 10.0. The highest BCUT2D eigenvalue weighted by molar-refractivity contribution is 7.89. The summed E-state index contributed by atoms with van der Waals surface area (Å²) in [6, 6.07) is 3.34. The molecular formula is C16H26N2O5S. The van der Waals surface area contributed by atoms with Crippen molar-refractivity contribution in [1.29, 1.82) is 0 Å². The number of benzene rings is 1. The number of nitrogens with one attached hydrogen (secondary N) is 1. The van der Waals surface area contributed by atoms with Gasteiger partial charge in [0.1, 0.15) is 5.75 Å². The van der Waals surface area contributed by atoms with Crippen molar-refractivity contribution in [2.45, 2.75) is 25.7 Å². The quantitative estimate of drug-likeness (QED) is 0.557. The van der Waals surface area contributed by atoms with Crippen LogP contribution in [-0.2, 0) is 19.6 Å². The van der Waals surface area contributed by atoms with Gasteiger partial charge in [-0.1, -0.05) is 4.89 Å². The molecule has 0 aliphatic carbocycles. The maximum atomic E-state index is 12.4. The topological polar surface area (TPSA) is 77.1 Å². The van der Waals surface area contributed by atoms with Crippen LogP contribution in [0.25, 0.3) is 0 Å². The average Bonchev–Trinajstić information content (AvgIpc) is 2.56. The first kappa shape index (κ1) is 19.1. The van der Waals surface area contributed by atoms with Crippen molar-refractivity contribution in [1.82, 2.24) is 9.79 Å². The smallest absolute Gasteiger partial charge is 0.262 e. The van der Waals surface area contributed by atoms with Gasteiger partial charge in [0.2, 0.25) is 0 Å². The van der Waals surface area contributed by atoms with E-state index >= 15 is 0 Å². The van der Waals surface area contributed by atoms with Gasteiger partial charge >= 0.3 is 0 Å². The standard InChI is InChI=1S/C16H26N2O5S/c1-4-22-15-11-14(3)16(12-13(15)2)24(19,20)17-23-10-7-18-5-8-21-9-6-18/h11-12,17H,4-10H2,1-3H3. The largest absolute Gasteiger partial charge is 0.494 e. The van der Waals surface area contributed by atoms with E-state index in [1.165, 1.54) is 0 Å². The molecule has 0 spiro atoms. The van der Waals surface area contributed by atoms with Crippen LogP contribution in [0.4, 0.5) is 0 Å². The number of hydrogen-bond acceptors (Lipinski definition) is 6. The van der Waals surface area contributed by atoms with Crippen molar-refractivity contribution in [3.63, 3.8) is 0 Å². The minimum atomic E-state index is -3.72. The number of nitrogens with zero attached hydrogens (tertiary/aromatic N) is 1.